The van der Waals surface area contributed by atoms with E-state index in [0.717, 1.165) is 50.7 Å². The average molecular weight is 384 g/mol. The van der Waals surface area contributed by atoms with Crippen LogP contribution in [0.4, 0.5) is 4.79 Å². The van der Waals surface area contributed by atoms with Crippen molar-refractivity contribution < 1.29 is 9.59 Å². The number of urea groups is 1. The monoisotopic (exact) mass is 384 g/mol. The van der Waals surface area contributed by atoms with Crippen molar-refractivity contribution in [3.05, 3.63) is 35.9 Å². The van der Waals surface area contributed by atoms with Crippen molar-refractivity contribution in [1.82, 2.24) is 24.9 Å². The number of carbonyl (C=O) groups is 2. The Labute approximate surface area is 165 Å². The number of fused-ring (bicyclic) bond motifs is 1. The molecule has 150 valence electrons. The SMILES string of the molecule is CCCN1CCN(C2=NC3C(C(=O)NC(=O)N3C)N2Cc2ccccc2)CC1. The second-order valence-electron chi connectivity index (χ2n) is 7.64. The molecule has 2 unspecified atom stereocenters. The first-order chi connectivity index (χ1) is 13.6. The van der Waals surface area contributed by atoms with Crippen LogP contribution in [-0.2, 0) is 11.3 Å². The summed E-state index contributed by atoms with van der Waals surface area (Å²) in [5.74, 6) is 0.555. The molecule has 8 nitrogen and oxygen atoms in total. The summed E-state index contributed by atoms with van der Waals surface area (Å²) in [6.45, 7) is 7.63. The lowest BCUT2D eigenvalue weighted by Gasteiger charge is -2.40. The van der Waals surface area contributed by atoms with Gasteiger partial charge in [0.2, 0.25) is 0 Å². The van der Waals surface area contributed by atoms with E-state index in [0.29, 0.717) is 6.54 Å². The number of imide groups is 1. The number of carbonyl (C=O) groups excluding carboxylic acids is 2. The van der Waals surface area contributed by atoms with Gasteiger partial charge < -0.3 is 14.7 Å². The number of hydrogen-bond acceptors (Lipinski definition) is 6. The molecule has 3 aliphatic rings. The minimum Gasteiger partial charge on any atom is -0.340 e. The predicted octanol–water partition coefficient (Wildman–Crippen LogP) is 0.762. The molecule has 0 aromatic heterocycles. The molecule has 3 heterocycles. The number of rotatable bonds is 4. The minimum atomic E-state index is -0.494. The number of nitrogens with one attached hydrogen (secondary N) is 1. The maximum atomic E-state index is 12.7. The van der Waals surface area contributed by atoms with Gasteiger partial charge in [-0.1, -0.05) is 37.3 Å². The van der Waals surface area contributed by atoms with Crippen LogP contribution in [0.2, 0.25) is 0 Å². The highest BCUT2D eigenvalue weighted by molar-refractivity contribution is 6.03. The molecule has 0 aliphatic carbocycles. The maximum absolute atomic E-state index is 12.7. The summed E-state index contributed by atoms with van der Waals surface area (Å²) < 4.78 is 0. The van der Waals surface area contributed by atoms with Gasteiger partial charge in [-0.05, 0) is 18.5 Å². The Morgan fingerprint density at radius 3 is 2.50 bits per heavy atom. The molecule has 1 N–H and O–H groups in total. The standard InChI is InChI=1S/C20H28N6O2/c1-3-9-24-10-12-25(13-11-24)19-21-17-16(18(27)22-20(28)23(17)2)26(19)14-15-7-5-4-6-8-15/h4-8,16-17H,3,9-14H2,1-2H3,(H,22,27,28). The van der Waals surface area contributed by atoms with E-state index >= 15 is 0 Å². The van der Waals surface area contributed by atoms with Gasteiger partial charge in [-0.2, -0.15) is 0 Å². The lowest BCUT2D eigenvalue weighted by molar-refractivity contribution is -0.127. The number of aliphatic imine (C=N–C) groups is 1. The third kappa shape index (κ3) is 3.44. The highest BCUT2D eigenvalue weighted by Gasteiger charge is 2.49. The van der Waals surface area contributed by atoms with E-state index in [2.05, 4.69) is 39.1 Å². The van der Waals surface area contributed by atoms with E-state index in [1.165, 1.54) is 4.90 Å². The average Bonchev–Trinajstić information content (AvgIpc) is 3.08. The lowest BCUT2D eigenvalue weighted by atomic mass is 10.1. The number of benzene rings is 1. The molecule has 2 atom stereocenters. The van der Waals surface area contributed by atoms with Crippen LogP contribution in [0.3, 0.4) is 0 Å². The van der Waals surface area contributed by atoms with E-state index in [-0.39, 0.29) is 11.9 Å². The topological polar surface area (TPSA) is 71.5 Å². The van der Waals surface area contributed by atoms with E-state index in [1.54, 1.807) is 7.05 Å². The van der Waals surface area contributed by atoms with Gasteiger partial charge in [0.1, 0.15) is 0 Å². The van der Waals surface area contributed by atoms with Crippen LogP contribution in [0.5, 0.6) is 0 Å². The fraction of sp³-hybridized carbons (Fsp3) is 0.550. The smallest absolute Gasteiger partial charge is 0.325 e. The van der Waals surface area contributed by atoms with Crippen molar-refractivity contribution in [3.63, 3.8) is 0 Å². The summed E-state index contributed by atoms with van der Waals surface area (Å²) in [5.41, 5.74) is 1.12. The summed E-state index contributed by atoms with van der Waals surface area (Å²) in [7, 11) is 1.70. The molecule has 28 heavy (non-hydrogen) atoms. The van der Waals surface area contributed by atoms with Crippen molar-refractivity contribution in [2.45, 2.75) is 32.1 Å². The van der Waals surface area contributed by atoms with Gasteiger partial charge in [-0.3, -0.25) is 15.0 Å². The zero-order valence-corrected chi connectivity index (χ0v) is 16.5. The summed E-state index contributed by atoms with van der Waals surface area (Å²) in [5, 5.41) is 2.47. The Morgan fingerprint density at radius 1 is 1.11 bits per heavy atom. The Bertz CT molecular complexity index is 759. The van der Waals surface area contributed by atoms with Gasteiger partial charge in [0.05, 0.1) is 0 Å². The molecule has 1 aromatic carbocycles. The van der Waals surface area contributed by atoms with Crippen LogP contribution >= 0.6 is 0 Å². The molecule has 3 amide bonds. The van der Waals surface area contributed by atoms with Crippen LogP contribution in [0, 0.1) is 0 Å². The largest absolute Gasteiger partial charge is 0.340 e. The summed E-state index contributed by atoms with van der Waals surface area (Å²) in [6.07, 6.45) is 0.673. The molecule has 4 rings (SSSR count). The number of guanidine groups is 1. The second-order valence-corrected chi connectivity index (χ2v) is 7.64. The summed E-state index contributed by atoms with van der Waals surface area (Å²) in [4.78, 5) is 38.0. The quantitative estimate of drug-likeness (QED) is 0.830. The molecule has 3 aliphatic heterocycles. The normalized spacial score (nSPS) is 25.6. The van der Waals surface area contributed by atoms with Crippen molar-refractivity contribution >= 4 is 17.9 Å². The number of piperazine rings is 1. The van der Waals surface area contributed by atoms with Crippen molar-refractivity contribution in [2.75, 3.05) is 39.8 Å². The number of hydrogen-bond donors (Lipinski definition) is 1. The first kappa shape index (κ1) is 18.7. The molecule has 0 saturated carbocycles. The highest BCUT2D eigenvalue weighted by Crippen LogP contribution is 2.27. The molecule has 0 spiro atoms. The maximum Gasteiger partial charge on any atom is 0.325 e. The zero-order chi connectivity index (χ0) is 19.7. The first-order valence-electron chi connectivity index (χ1n) is 10.0. The molecule has 1 aromatic rings. The number of likely N-dealkylation sites (N-methyl/N-ethyl adjacent to an activating group) is 1. The summed E-state index contributed by atoms with van der Waals surface area (Å²) in [6, 6.07) is 9.21. The van der Waals surface area contributed by atoms with Crippen LogP contribution < -0.4 is 5.32 Å². The van der Waals surface area contributed by atoms with Crippen molar-refractivity contribution in [3.8, 4) is 0 Å². The minimum absolute atomic E-state index is 0.271. The van der Waals surface area contributed by atoms with Crippen LogP contribution in [0.15, 0.2) is 35.3 Å². The van der Waals surface area contributed by atoms with Crippen LogP contribution in [0.25, 0.3) is 0 Å². The fourth-order valence-electron chi connectivity index (χ4n) is 4.21. The number of nitrogens with zero attached hydrogens (tertiary/aromatic N) is 5. The Morgan fingerprint density at radius 2 is 1.82 bits per heavy atom. The van der Waals surface area contributed by atoms with E-state index in [4.69, 9.17) is 4.99 Å². The molecular weight excluding hydrogens is 356 g/mol. The third-order valence-electron chi connectivity index (χ3n) is 5.73. The molecule has 2 saturated heterocycles. The molecule has 0 radical (unpaired) electrons. The van der Waals surface area contributed by atoms with Gasteiger partial charge >= 0.3 is 6.03 Å². The predicted molar refractivity (Wildman–Crippen MR) is 107 cm³/mol. The third-order valence-corrected chi connectivity index (χ3v) is 5.73. The second kappa shape index (κ2) is 7.79. The van der Waals surface area contributed by atoms with Gasteiger partial charge in [-0.25, -0.2) is 9.79 Å². The fourth-order valence-corrected chi connectivity index (χ4v) is 4.21. The molecular formula is C20H28N6O2. The first-order valence-corrected chi connectivity index (χ1v) is 10.0. The Kier molecular flexibility index (Phi) is 5.21. The van der Waals surface area contributed by atoms with Crippen molar-refractivity contribution in [1.29, 1.82) is 0 Å². The van der Waals surface area contributed by atoms with Crippen LogP contribution in [-0.4, -0.2) is 89.5 Å². The highest BCUT2D eigenvalue weighted by atomic mass is 16.2. The zero-order valence-electron chi connectivity index (χ0n) is 16.5. The van der Waals surface area contributed by atoms with Gasteiger partial charge in [-0.15, -0.1) is 0 Å². The van der Waals surface area contributed by atoms with E-state index in [9.17, 15) is 9.59 Å². The molecule has 2 fully saturated rings. The molecule has 8 heteroatoms. The molecule has 0 bridgehead atoms. The van der Waals surface area contributed by atoms with Crippen LogP contribution in [0.1, 0.15) is 18.9 Å². The van der Waals surface area contributed by atoms with E-state index in [1.807, 2.05) is 18.2 Å². The van der Waals surface area contributed by atoms with E-state index < -0.39 is 12.2 Å². The Hall–Kier alpha value is -2.61. The van der Waals surface area contributed by atoms with Gasteiger partial charge in [0.25, 0.3) is 5.91 Å². The van der Waals surface area contributed by atoms with Crippen molar-refractivity contribution in [2.24, 2.45) is 4.99 Å². The van der Waals surface area contributed by atoms with Gasteiger partial charge in [0.15, 0.2) is 18.2 Å². The Balaban J connectivity index is 1.60. The lowest BCUT2D eigenvalue weighted by Crippen LogP contribution is -2.64. The number of amides is 3. The van der Waals surface area contributed by atoms with Gasteiger partial charge in [0, 0.05) is 39.8 Å². The summed E-state index contributed by atoms with van der Waals surface area (Å²) >= 11 is 0.